The molecule has 0 radical (unpaired) electrons. The molecule has 0 spiro atoms. The van der Waals surface area contributed by atoms with E-state index in [0.717, 1.165) is 45.8 Å². The van der Waals surface area contributed by atoms with E-state index in [1.54, 1.807) is 7.11 Å². The van der Waals surface area contributed by atoms with Gasteiger partial charge in [-0.1, -0.05) is 13.8 Å². The Labute approximate surface area is 105 Å². The summed E-state index contributed by atoms with van der Waals surface area (Å²) >= 11 is 0. The number of nitrogens with two attached hydrogens (primary N) is 1. The lowest BCUT2D eigenvalue weighted by Gasteiger charge is -2.46. The predicted molar refractivity (Wildman–Crippen MR) is 70.1 cm³/mol. The average molecular weight is 244 g/mol. The van der Waals surface area contributed by atoms with E-state index in [9.17, 15) is 0 Å². The molecule has 1 aliphatic heterocycles. The summed E-state index contributed by atoms with van der Waals surface area (Å²) in [5.74, 6) is 0.651. The number of hydrogen-bond acceptors (Lipinski definition) is 4. The molecule has 17 heavy (non-hydrogen) atoms. The van der Waals surface area contributed by atoms with Crippen LogP contribution in [0.5, 0.6) is 0 Å². The molecule has 0 aromatic heterocycles. The van der Waals surface area contributed by atoms with Crippen molar-refractivity contribution in [3.63, 3.8) is 0 Å². The van der Waals surface area contributed by atoms with Gasteiger partial charge in [-0.3, -0.25) is 4.90 Å². The normalized spacial score (nSPS) is 20.1. The van der Waals surface area contributed by atoms with Crippen LogP contribution in [0.15, 0.2) is 0 Å². The first-order valence-electron chi connectivity index (χ1n) is 6.66. The maximum atomic E-state index is 6.05. The highest BCUT2D eigenvalue weighted by Gasteiger charge is 2.37. The summed E-state index contributed by atoms with van der Waals surface area (Å²) < 4.78 is 10.7. The van der Waals surface area contributed by atoms with Crippen molar-refractivity contribution < 1.29 is 9.47 Å². The van der Waals surface area contributed by atoms with Gasteiger partial charge in [-0.2, -0.15) is 0 Å². The van der Waals surface area contributed by atoms with Gasteiger partial charge >= 0.3 is 0 Å². The number of methoxy groups -OCH3 is 1. The van der Waals surface area contributed by atoms with Crippen LogP contribution in [0, 0.1) is 5.92 Å². The standard InChI is InChI=1S/C13H28N2O2/c1-12(2)10-15(6-9-16-3)13(11-14)4-7-17-8-5-13/h12H,4-11,14H2,1-3H3. The number of hydrogen-bond donors (Lipinski definition) is 1. The number of nitrogens with zero attached hydrogens (tertiary/aromatic N) is 1. The maximum absolute atomic E-state index is 6.05. The van der Waals surface area contributed by atoms with Crippen molar-refractivity contribution in [1.82, 2.24) is 4.90 Å². The monoisotopic (exact) mass is 244 g/mol. The van der Waals surface area contributed by atoms with Crippen molar-refractivity contribution in [3.8, 4) is 0 Å². The van der Waals surface area contributed by atoms with Crippen LogP contribution in [0.1, 0.15) is 26.7 Å². The fraction of sp³-hybridized carbons (Fsp3) is 1.00. The summed E-state index contributed by atoms with van der Waals surface area (Å²) in [6.07, 6.45) is 2.08. The second-order valence-corrected chi connectivity index (χ2v) is 5.37. The van der Waals surface area contributed by atoms with E-state index in [0.29, 0.717) is 12.5 Å². The van der Waals surface area contributed by atoms with E-state index in [1.807, 2.05) is 0 Å². The summed E-state index contributed by atoms with van der Waals surface area (Å²) in [4.78, 5) is 2.52. The number of rotatable bonds is 7. The van der Waals surface area contributed by atoms with E-state index in [-0.39, 0.29) is 5.54 Å². The molecule has 0 saturated carbocycles. The molecule has 1 saturated heterocycles. The largest absolute Gasteiger partial charge is 0.383 e. The van der Waals surface area contributed by atoms with Gasteiger partial charge in [-0.05, 0) is 18.8 Å². The highest BCUT2D eigenvalue weighted by Crippen LogP contribution is 2.27. The maximum Gasteiger partial charge on any atom is 0.0589 e. The Morgan fingerprint density at radius 1 is 1.35 bits per heavy atom. The van der Waals surface area contributed by atoms with Crippen molar-refractivity contribution in [3.05, 3.63) is 0 Å². The molecule has 1 heterocycles. The van der Waals surface area contributed by atoms with Crippen molar-refractivity contribution in [1.29, 1.82) is 0 Å². The Morgan fingerprint density at radius 3 is 2.47 bits per heavy atom. The molecule has 2 N–H and O–H groups in total. The summed E-state index contributed by atoms with van der Waals surface area (Å²) in [6, 6.07) is 0. The quantitative estimate of drug-likeness (QED) is 0.728. The molecule has 0 atom stereocenters. The lowest BCUT2D eigenvalue weighted by molar-refractivity contribution is -0.0365. The molecule has 1 fully saturated rings. The zero-order chi connectivity index (χ0) is 12.7. The van der Waals surface area contributed by atoms with E-state index in [1.165, 1.54) is 0 Å². The van der Waals surface area contributed by atoms with Gasteiger partial charge in [-0.25, -0.2) is 0 Å². The molecule has 1 aliphatic rings. The lowest BCUT2D eigenvalue weighted by atomic mass is 9.87. The van der Waals surface area contributed by atoms with Gasteiger partial charge in [0.1, 0.15) is 0 Å². The average Bonchev–Trinajstić information content (AvgIpc) is 2.35. The molecule has 1 rings (SSSR count). The van der Waals surface area contributed by atoms with Crippen LogP contribution >= 0.6 is 0 Å². The molecule has 0 amide bonds. The molecule has 102 valence electrons. The first-order chi connectivity index (χ1) is 8.14. The molecule has 0 bridgehead atoms. The van der Waals surface area contributed by atoms with Crippen molar-refractivity contribution >= 4 is 0 Å². The van der Waals surface area contributed by atoms with Crippen molar-refractivity contribution in [2.75, 3.05) is 46.6 Å². The van der Waals surface area contributed by atoms with Gasteiger partial charge < -0.3 is 15.2 Å². The molecule has 0 aromatic rings. The molecule has 4 nitrogen and oxygen atoms in total. The highest BCUT2D eigenvalue weighted by molar-refractivity contribution is 4.94. The fourth-order valence-electron chi connectivity index (χ4n) is 2.57. The summed E-state index contributed by atoms with van der Waals surface area (Å²) in [5, 5.41) is 0. The minimum Gasteiger partial charge on any atom is -0.383 e. The van der Waals surface area contributed by atoms with Crippen LogP contribution in [0.2, 0.25) is 0 Å². The van der Waals surface area contributed by atoms with Crippen LogP contribution in [0.3, 0.4) is 0 Å². The minimum absolute atomic E-state index is 0.126. The van der Waals surface area contributed by atoms with Crippen molar-refractivity contribution in [2.45, 2.75) is 32.2 Å². The Morgan fingerprint density at radius 2 is 2.00 bits per heavy atom. The van der Waals surface area contributed by atoms with E-state index < -0.39 is 0 Å². The molecular formula is C13H28N2O2. The molecule has 4 heteroatoms. The summed E-state index contributed by atoms with van der Waals surface area (Å²) in [5.41, 5.74) is 6.17. The Kier molecular flexibility index (Phi) is 6.41. The van der Waals surface area contributed by atoms with E-state index >= 15 is 0 Å². The van der Waals surface area contributed by atoms with Gasteiger partial charge in [0.15, 0.2) is 0 Å². The van der Waals surface area contributed by atoms with Gasteiger partial charge in [-0.15, -0.1) is 0 Å². The first-order valence-corrected chi connectivity index (χ1v) is 6.66. The molecule has 0 aromatic carbocycles. The summed E-state index contributed by atoms with van der Waals surface area (Å²) in [7, 11) is 1.76. The van der Waals surface area contributed by atoms with Crippen LogP contribution < -0.4 is 5.73 Å². The molecular weight excluding hydrogens is 216 g/mol. The third-order valence-electron chi connectivity index (χ3n) is 3.63. The second-order valence-electron chi connectivity index (χ2n) is 5.37. The molecule has 0 aliphatic carbocycles. The van der Waals surface area contributed by atoms with Crippen LogP contribution in [-0.4, -0.2) is 57.0 Å². The third kappa shape index (κ3) is 4.21. The Balaban J connectivity index is 2.68. The summed E-state index contributed by atoms with van der Waals surface area (Å²) in [6.45, 7) is 9.71. The first kappa shape index (κ1) is 14.9. The highest BCUT2D eigenvalue weighted by atomic mass is 16.5. The van der Waals surface area contributed by atoms with Gasteiger partial charge in [0.05, 0.1) is 6.61 Å². The van der Waals surface area contributed by atoms with Crippen molar-refractivity contribution in [2.24, 2.45) is 11.7 Å². The Bertz CT molecular complexity index is 204. The van der Waals surface area contributed by atoms with Gasteiger partial charge in [0, 0.05) is 45.5 Å². The zero-order valence-electron chi connectivity index (χ0n) is 11.6. The van der Waals surface area contributed by atoms with E-state index in [4.69, 9.17) is 15.2 Å². The topological polar surface area (TPSA) is 47.7 Å². The number of ether oxygens (including phenoxy) is 2. The van der Waals surface area contributed by atoms with Crippen LogP contribution in [0.4, 0.5) is 0 Å². The SMILES string of the molecule is COCCN(CC(C)C)C1(CN)CCOCC1. The van der Waals surface area contributed by atoms with Crippen LogP contribution in [0.25, 0.3) is 0 Å². The van der Waals surface area contributed by atoms with E-state index in [2.05, 4.69) is 18.7 Å². The van der Waals surface area contributed by atoms with Gasteiger partial charge in [0.25, 0.3) is 0 Å². The van der Waals surface area contributed by atoms with Gasteiger partial charge in [0.2, 0.25) is 0 Å². The third-order valence-corrected chi connectivity index (χ3v) is 3.63. The predicted octanol–water partition coefficient (Wildman–Crippen LogP) is 1.10. The smallest absolute Gasteiger partial charge is 0.0589 e. The Hall–Kier alpha value is -0.160. The zero-order valence-corrected chi connectivity index (χ0v) is 11.6. The van der Waals surface area contributed by atoms with Crippen LogP contribution in [-0.2, 0) is 9.47 Å². The fourth-order valence-corrected chi connectivity index (χ4v) is 2.57. The lowest BCUT2D eigenvalue weighted by Crippen LogP contribution is -2.58. The molecule has 0 unspecified atom stereocenters. The second kappa shape index (κ2) is 7.31. The minimum atomic E-state index is 0.126.